The van der Waals surface area contributed by atoms with Gasteiger partial charge >= 0.3 is 18.1 Å². The molecule has 6 aromatic carbocycles. The number of pyridine rings is 3. The number of furan rings is 4. The maximum absolute atomic E-state index is 13.3. The number of nitrogen functional groups attached to an aromatic ring is 2. The summed E-state index contributed by atoms with van der Waals surface area (Å²) in [5, 5.41) is 30.2. The smallest absolute Gasteiger partial charge is 0.322 e. The zero-order valence-corrected chi connectivity index (χ0v) is 73.5. The van der Waals surface area contributed by atoms with Crippen LogP contribution in [0.2, 0.25) is 0 Å². The second kappa shape index (κ2) is 34.2. The molecule has 16 heterocycles. The normalized spacial score (nSPS) is 19.4. The first kappa shape index (κ1) is 87.6. The lowest BCUT2D eigenvalue weighted by Gasteiger charge is -2.29. The fraction of sp³-hybridized carbons (Fsp3) is 0.219. The van der Waals surface area contributed by atoms with Gasteiger partial charge in [-0.15, -0.1) is 0 Å². The van der Waals surface area contributed by atoms with Gasteiger partial charge in [0, 0.05) is 115 Å². The quantitative estimate of drug-likeness (QED) is 0.0237. The van der Waals surface area contributed by atoms with Crippen molar-refractivity contribution in [2.45, 2.75) is 81.4 Å². The van der Waals surface area contributed by atoms with Crippen LogP contribution in [0, 0.1) is 0 Å². The molecule has 40 nitrogen and oxygen atoms in total. The van der Waals surface area contributed by atoms with Crippen LogP contribution in [0.25, 0.3) is 55.5 Å². The van der Waals surface area contributed by atoms with Gasteiger partial charge in [-0.3, -0.25) is 73.9 Å². The van der Waals surface area contributed by atoms with Gasteiger partial charge in [-0.2, -0.15) is 15.1 Å². The molecular weight excluding hydrogens is 1750 g/mol. The summed E-state index contributed by atoms with van der Waals surface area (Å²) in [6.07, 6.45) is 2.32. The number of amides is 16. The molecule has 0 spiro atoms. The summed E-state index contributed by atoms with van der Waals surface area (Å²) in [4.78, 5) is 184. The van der Waals surface area contributed by atoms with Crippen molar-refractivity contribution < 1.29 is 94.2 Å². The average Bonchev–Trinajstić information content (AvgIpc) is 1.61. The Hall–Kier alpha value is -17.8. The number of imide groups is 4. The third kappa shape index (κ3) is 15.8. The lowest BCUT2D eigenvalue weighted by Crippen LogP contribution is -2.52. The maximum Gasteiger partial charge on any atom is 0.322 e. The molecule has 4 fully saturated rings. The number of hydrogen-bond donors (Lipinski definition) is 11. The van der Waals surface area contributed by atoms with Gasteiger partial charge in [-0.05, 0) is 155 Å². The Balaban J connectivity index is 0.000000117. The number of anilines is 4. The highest BCUT2D eigenvalue weighted by Crippen LogP contribution is 2.44. The summed E-state index contributed by atoms with van der Waals surface area (Å²) in [6.45, 7) is 4.84. The van der Waals surface area contributed by atoms with E-state index >= 15 is 0 Å². The number of rotatable bonds is 21. The molecule has 40 heteroatoms. The average molecular weight is 1840 g/mol. The van der Waals surface area contributed by atoms with Crippen LogP contribution in [-0.4, -0.2) is 169 Å². The number of nitrogens with one attached hydrogen (secondary N) is 9. The molecule has 0 saturated carbocycles. The van der Waals surface area contributed by atoms with Crippen molar-refractivity contribution in [3.05, 3.63) is 267 Å². The van der Waals surface area contributed by atoms with E-state index in [-0.39, 0.29) is 116 Å². The van der Waals surface area contributed by atoms with Gasteiger partial charge in [0.2, 0.25) is 34.9 Å². The van der Waals surface area contributed by atoms with Crippen molar-refractivity contribution in [1.29, 1.82) is 0 Å². The predicted molar refractivity (Wildman–Crippen MR) is 486 cm³/mol. The van der Waals surface area contributed by atoms with Gasteiger partial charge in [0.15, 0.2) is 16.6 Å². The van der Waals surface area contributed by atoms with E-state index in [1.165, 1.54) is 30.9 Å². The minimum absolute atomic E-state index is 0.00694. The molecule has 688 valence electrons. The molecule has 4 atom stereocenters. The Labute approximate surface area is 770 Å². The molecule has 0 aliphatic carbocycles. The van der Waals surface area contributed by atoms with Crippen molar-refractivity contribution in [3.63, 3.8) is 0 Å². The molecule has 0 radical (unpaired) electrons. The van der Waals surface area contributed by atoms with Crippen LogP contribution in [0.1, 0.15) is 118 Å². The summed E-state index contributed by atoms with van der Waals surface area (Å²) in [6, 6.07) is 51.9. The number of nitrogens with zero attached hydrogens (tertiary/aromatic N) is 9. The van der Waals surface area contributed by atoms with Crippen molar-refractivity contribution in [2.24, 2.45) is 7.05 Å². The number of aromatic nitrogens is 5. The summed E-state index contributed by atoms with van der Waals surface area (Å²) in [5.41, 5.74) is 16.7. The highest BCUT2D eigenvalue weighted by atomic mass is 16.5. The van der Waals surface area contributed by atoms with E-state index in [0.717, 1.165) is 56.4 Å². The first-order chi connectivity index (χ1) is 65.4. The monoisotopic (exact) mass is 1840 g/mol. The van der Waals surface area contributed by atoms with Gasteiger partial charge < -0.3 is 89.5 Å². The number of fused-ring (bicyclic) bond motifs is 8. The van der Waals surface area contributed by atoms with Gasteiger partial charge in [0.25, 0.3) is 41.4 Å². The first-order valence-electron chi connectivity index (χ1n) is 42.8. The topological polar surface area (TPSA) is 532 Å². The van der Waals surface area contributed by atoms with Crippen molar-refractivity contribution in [1.82, 2.24) is 81.5 Å². The molecule has 0 unspecified atom stereocenters. The number of aryl methyl sites for hydroxylation is 2. The fourth-order valence-corrected chi connectivity index (χ4v) is 18.0. The van der Waals surface area contributed by atoms with E-state index in [1.54, 1.807) is 144 Å². The summed E-state index contributed by atoms with van der Waals surface area (Å²) in [5.74, 6) is -0.385. The second-order valence-electron chi connectivity index (χ2n) is 33.7. The molecule has 0 bridgehead atoms. The maximum atomic E-state index is 13.3. The van der Waals surface area contributed by atoms with Crippen LogP contribution in [0.5, 0.6) is 17.2 Å². The first-order valence-corrected chi connectivity index (χ1v) is 42.8. The van der Waals surface area contributed by atoms with Crippen LogP contribution >= 0.6 is 0 Å². The molecule has 8 aliphatic rings. The molecule has 8 aromatic heterocycles. The van der Waals surface area contributed by atoms with Gasteiger partial charge in [0.1, 0.15) is 68.7 Å². The summed E-state index contributed by atoms with van der Waals surface area (Å²) in [7, 11) is 6.34. The zero-order valence-electron chi connectivity index (χ0n) is 73.5. The van der Waals surface area contributed by atoms with Crippen LogP contribution in [0.3, 0.4) is 0 Å². The number of ether oxygens (including phenoxy) is 3. The number of carbonyl (C=O) groups excluding carboxylic acids is 13. The molecular formula is C96H84N20O20. The largest absolute Gasteiger partial charge is 0.497 e. The molecule has 22 rings (SSSR count). The van der Waals surface area contributed by atoms with Gasteiger partial charge in [0.05, 0.1) is 58.5 Å². The second-order valence-corrected chi connectivity index (χ2v) is 33.7. The molecule has 16 amide bonds. The van der Waals surface area contributed by atoms with E-state index in [4.69, 9.17) is 43.3 Å². The Morgan fingerprint density at radius 3 is 1.43 bits per heavy atom. The number of benzene rings is 6. The standard InChI is InChI=1S/C28H24N4O5.C26H24N6O4.C22H19N5O6.C20H17N5O5/c1-36-19-8-7-18-15-32(26(34)20(18)11-19)16-28(13-24(33)31-27(28)35)23-12-21-22(9-10-29-25(21)37-23)30-14-17-5-3-2-4-6-17;1-3-14-4-5-16-12-32(23(33)18(16)8-14)13-26(24(34)28-25(35)29-26)21-10-17-9-15(6-7-20(17)36-21)19-11-22(27)31(2)30-19;1-11(28)23-17-6-4-12-7-16(33-18(12)24-17)22(20(30)25-21(31)26-22)10-27-9-13-3-5-14(32-2)8-15(13)19(27)29;1-29-12-4-2-11-8-25(17(26)13(11)7-12)9-20(18(27)23-19(28)24-20)14-6-10-3-5-15(21)22-16(10)30-14/h2-12H,13-16H2,1H3,(H,29,30)(H,31,33,35);4-11H,3,12-13,27H2,1-2H3,(H2,28,29,34,35);3-8H,9-10H2,1-2H3,(H,23,24,28)(H2,25,26,30,31);2-7H,8-9H2,1H3,(H2,21,22)(H2,23,24,27,28)/t28-;26-;22-;20-/m1000/s1. The Kier molecular flexibility index (Phi) is 22.0. The highest BCUT2D eigenvalue weighted by Gasteiger charge is 2.58. The van der Waals surface area contributed by atoms with Crippen LogP contribution in [0.4, 0.5) is 37.5 Å². The lowest BCUT2D eigenvalue weighted by atomic mass is 9.82. The van der Waals surface area contributed by atoms with Crippen LogP contribution < -0.4 is 73.5 Å². The Bertz CT molecular complexity index is 7420. The van der Waals surface area contributed by atoms with Crippen molar-refractivity contribution in [2.75, 3.05) is 69.6 Å². The van der Waals surface area contributed by atoms with E-state index < -0.39 is 69.7 Å². The van der Waals surface area contributed by atoms with E-state index in [2.05, 4.69) is 67.9 Å². The van der Waals surface area contributed by atoms with Crippen molar-refractivity contribution >= 4 is 145 Å². The Morgan fingerprint density at radius 2 is 0.956 bits per heavy atom. The minimum Gasteiger partial charge on any atom is -0.497 e. The Morgan fingerprint density at radius 1 is 0.471 bits per heavy atom. The molecule has 13 N–H and O–H groups in total. The lowest BCUT2D eigenvalue weighted by molar-refractivity contribution is -0.127. The molecule has 4 saturated heterocycles. The fourth-order valence-electron chi connectivity index (χ4n) is 18.0. The number of hydrogen-bond acceptors (Lipinski definition) is 27. The van der Waals surface area contributed by atoms with Gasteiger partial charge in [-0.1, -0.05) is 67.6 Å². The number of carbonyl (C=O) groups is 13. The number of nitrogens with two attached hydrogens (primary N) is 2. The van der Waals surface area contributed by atoms with Crippen molar-refractivity contribution in [3.8, 4) is 28.5 Å². The summed E-state index contributed by atoms with van der Waals surface area (Å²) >= 11 is 0. The third-order valence-corrected chi connectivity index (χ3v) is 25.1. The van der Waals surface area contributed by atoms with E-state index in [0.29, 0.717) is 104 Å². The van der Waals surface area contributed by atoms with Gasteiger partial charge in [-0.25, -0.2) is 19.4 Å². The SMILES string of the molecule is CCc1ccc2c(c1)C(=O)N(C[C@@]1(c3cc4cc(-c5cc(N)n(C)n5)ccc4o3)NC(=O)NC1=O)C2.COc1ccc2c(c1)C(=O)N(C[C@@]1(c3cc4c(NCc5ccccc5)ccnc4o3)CC(=O)NC1=O)C2.COc1ccc2c(c1)C(=O)N(C[C@@]1(c3cc4ccc(N)nc4o3)NC(=O)NC1=O)C2.COc1ccc2c(c1)C(=O)N(C[C@@]1(c3cc4ccc(NC(C)=O)nc4o3)NC(=O)NC1=O)C2. The highest BCUT2D eigenvalue weighted by molar-refractivity contribution is 6.13. The van der Waals surface area contributed by atoms with E-state index in [1.807, 2.05) is 79.7 Å². The zero-order chi connectivity index (χ0) is 95.1. The molecule has 8 aliphatic heterocycles. The van der Waals surface area contributed by atoms with Crippen LogP contribution in [-0.2, 0) is 97.0 Å². The molecule has 136 heavy (non-hydrogen) atoms. The third-order valence-electron chi connectivity index (χ3n) is 25.1. The minimum atomic E-state index is -1.65. The number of methoxy groups -OCH3 is 3. The van der Waals surface area contributed by atoms with Crippen LogP contribution in [0.15, 0.2) is 206 Å². The molecule has 14 aromatic rings. The summed E-state index contributed by atoms with van der Waals surface area (Å²) < 4.78 is 41.1. The van der Waals surface area contributed by atoms with E-state index in [9.17, 15) is 62.3 Å². The predicted octanol–water partition coefficient (Wildman–Crippen LogP) is 8.65. The number of urea groups is 3.